The lowest BCUT2D eigenvalue weighted by atomic mass is 10.1. The second-order valence-electron chi connectivity index (χ2n) is 5.19. The summed E-state index contributed by atoms with van der Waals surface area (Å²) in [5, 5.41) is 2.78. The Balaban J connectivity index is 2.16. The third-order valence-electron chi connectivity index (χ3n) is 3.85. The fourth-order valence-corrected chi connectivity index (χ4v) is 2.60. The molecule has 23 heavy (non-hydrogen) atoms. The summed E-state index contributed by atoms with van der Waals surface area (Å²) >= 11 is 0. The molecule has 2 amide bonds. The zero-order valence-corrected chi connectivity index (χ0v) is 13.7. The normalized spacial score (nSPS) is 18.0. The van der Waals surface area contributed by atoms with E-state index >= 15 is 0 Å². The molecule has 1 aliphatic heterocycles. The number of hydrogen-bond donors (Lipinski definition) is 1. The van der Waals surface area contributed by atoms with Crippen LogP contribution in [0.3, 0.4) is 0 Å². The zero-order chi connectivity index (χ0) is 16.8. The second-order valence-corrected chi connectivity index (χ2v) is 5.19. The summed E-state index contributed by atoms with van der Waals surface area (Å²) in [6, 6.07) is 4.98. The highest BCUT2D eigenvalue weighted by Gasteiger charge is 2.30. The molecule has 1 unspecified atom stereocenters. The van der Waals surface area contributed by atoms with Crippen LogP contribution in [0.25, 0.3) is 6.08 Å². The fraction of sp³-hybridized carbons (Fsp3) is 0.412. The average molecular weight is 318 g/mol. The van der Waals surface area contributed by atoms with Crippen LogP contribution < -0.4 is 14.8 Å². The van der Waals surface area contributed by atoms with Crippen molar-refractivity contribution in [1.29, 1.82) is 0 Å². The predicted octanol–water partition coefficient (Wildman–Crippen LogP) is 1.45. The number of amides is 2. The van der Waals surface area contributed by atoms with E-state index < -0.39 is 6.04 Å². The van der Waals surface area contributed by atoms with Crippen molar-refractivity contribution in [3.63, 3.8) is 0 Å². The Morgan fingerprint density at radius 1 is 1.39 bits per heavy atom. The van der Waals surface area contributed by atoms with Crippen LogP contribution in [0.15, 0.2) is 24.3 Å². The molecule has 1 aliphatic rings. The minimum atomic E-state index is -0.404. The Labute approximate surface area is 136 Å². The van der Waals surface area contributed by atoms with Gasteiger partial charge in [-0.2, -0.15) is 0 Å². The predicted molar refractivity (Wildman–Crippen MR) is 87.4 cm³/mol. The average Bonchev–Trinajstić information content (AvgIpc) is 2.59. The van der Waals surface area contributed by atoms with Crippen molar-refractivity contribution in [2.24, 2.45) is 0 Å². The van der Waals surface area contributed by atoms with Crippen molar-refractivity contribution in [1.82, 2.24) is 10.2 Å². The standard InChI is InChI=1S/C17H22N2O4/c1-4-14-17(21)18-9-10-19(14)16(20)8-6-12-5-7-13(22-2)11-15(12)23-3/h5-8,11,14H,4,9-10H2,1-3H3,(H,18,21). The van der Waals surface area contributed by atoms with Crippen LogP contribution in [-0.4, -0.2) is 50.1 Å². The van der Waals surface area contributed by atoms with Gasteiger partial charge >= 0.3 is 0 Å². The van der Waals surface area contributed by atoms with Gasteiger partial charge in [-0.3, -0.25) is 9.59 Å². The van der Waals surface area contributed by atoms with Crippen molar-refractivity contribution >= 4 is 17.9 Å². The van der Waals surface area contributed by atoms with Gasteiger partial charge in [0, 0.05) is 30.8 Å². The van der Waals surface area contributed by atoms with Crippen LogP contribution in [0.2, 0.25) is 0 Å². The van der Waals surface area contributed by atoms with E-state index in [1.807, 2.05) is 13.0 Å². The van der Waals surface area contributed by atoms with Crippen molar-refractivity contribution in [2.75, 3.05) is 27.3 Å². The van der Waals surface area contributed by atoms with E-state index in [1.54, 1.807) is 37.3 Å². The molecular weight excluding hydrogens is 296 g/mol. The van der Waals surface area contributed by atoms with Crippen molar-refractivity contribution in [3.05, 3.63) is 29.8 Å². The number of methoxy groups -OCH3 is 2. The third-order valence-corrected chi connectivity index (χ3v) is 3.85. The molecule has 0 spiro atoms. The van der Waals surface area contributed by atoms with Crippen LogP contribution in [-0.2, 0) is 9.59 Å². The molecule has 1 atom stereocenters. The topological polar surface area (TPSA) is 67.9 Å². The minimum absolute atomic E-state index is 0.0949. The number of nitrogens with zero attached hydrogens (tertiary/aromatic N) is 1. The second kappa shape index (κ2) is 7.67. The minimum Gasteiger partial charge on any atom is -0.497 e. The van der Waals surface area contributed by atoms with Crippen LogP contribution >= 0.6 is 0 Å². The molecule has 1 aromatic rings. The first-order chi connectivity index (χ1) is 11.1. The Bertz CT molecular complexity index is 613. The maximum Gasteiger partial charge on any atom is 0.247 e. The van der Waals surface area contributed by atoms with Crippen molar-refractivity contribution in [2.45, 2.75) is 19.4 Å². The first-order valence-corrected chi connectivity index (χ1v) is 7.59. The SMILES string of the molecule is CCC1C(=O)NCCN1C(=O)C=Cc1ccc(OC)cc1OC. The Morgan fingerprint density at radius 3 is 2.83 bits per heavy atom. The smallest absolute Gasteiger partial charge is 0.247 e. The lowest BCUT2D eigenvalue weighted by molar-refractivity contribution is -0.140. The van der Waals surface area contributed by atoms with Crippen molar-refractivity contribution < 1.29 is 19.1 Å². The lowest BCUT2D eigenvalue weighted by Gasteiger charge is -2.33. The van der Waals surface area contributed by atoms with Crippen molar-refractivity contribution in [3.8, 4) is 11.5 Å². The molecule has 0 saturated carbocycles. The summed E-state index contributed by atoms with van der Waals surface area (Å²) in [5.74, 6) is 1.04. The number of nitrogens with one attached hydrogen (secondary N) is 1. The maximum absolute atomic E-state index is 12.4. The molecule has 1 N–H and O–H groups in total. The lowest BCUT2D eigenvalue weighted by Crippen LogP contribution is -2.56. The highest BCUT2D eigenvalue weighted by Crippen LogP contribution is 2.25. The number of ether oxygens (including phenoxy) is 2. The van der Waals surface area contributed by atoms with Gasteiger partial charge in [-0.15, -0.1) is 0 Å². The molecule has 0 aromatic heterocycles. The number of piperazine rings is 1. The number of rotatable bonds is 5. The molecule has 6 heteroatoms. The highest BCUT2D eigenvalue weighted by atomic mass is 16.5. The summed E-state index contributed by atoms with van der Waals surface area (Å²) in [6.45, 7) is 2.90. The molecule has 1 fully saturated rings. The van der Waals surface area contributed by atoms with Gasteiger partial charge in [0.1, 0.15) is 17.5 Å². The Hall–Kier alpha value is -2.50. The molecule has 1 heterocycles. The van der Waals surface area contributed by atoms with Gasteiger partial charge in [-0.05, 0) is 24.6 Å². The monoisotopic (exact) mass is 318 g/mol. The number of carbonyl (C=O) groups excluding carboxylic acids is 2. The molecule has 1 saturated heterocycles. The number of benzene rings is 1. The van der Waals surface area contributed by atoms with Gasteiger partial charge in [-0.1, -0.05) is 6.92 Å². The van der Waals surface area contributed by atoms with Gasteiger partial charge in [0.2, 0.25) is 11.8 Å². The van der Waals surface area contributed by atoms with Gasteiger partial charge in [0.15, 0.2) is 0 Å². The molecular formula is C17H22N2O4. The van der Waals surface area contributed by atoms with Crippen LogP contribution in [0, 0.1) is 0 Å². The van der Waals surface area contributed by atoms with Gasteiger partial charge in [0.25, 0.3) is 0 Å². The van der Waals surface area contributed by atoms with E-state index in [-0.39, 0.29) is 11.8 Å². The quantitative estimate of drug-likeness (QED) is 0.835. The van der Waals surface area contributed by atoms with Crippen LogP contribution in [0.1, 0.15) is 18.9 Å². The summed E-state index contributed by atoms with van der Waals surface area (Å²) in [7, 11) is 3.15. The number of carbonyl (C=O) groups is 2. The number of hydrogen-bond acceptors (Lipinski definition) is 4. The summed E-state index contributed by atoms with van der Waals surface area (Å²) in [4.78, 5) is 25.8. The van der Waals surface area contributed by atoms with E-state index in [0.29, 0.717) is 31.0 Å². The van der Waals surface area contributed by atoms with Gasteiger partial charge < -0.3 is 19.7 Å². The Morgan fingerprint density at radius 2 is 2.17 bits per heavy atom. The van der Waals surface area contributed by atoms with Crippen LogP contribution in [0.5, 0.6) is 11.5 Å². The highest BCUT2D eigenvalue weighted by molar-refractivity contribution is 5.96. The van der Waals surface area contributed by atoms with E-state index in [4.69, 9.17) is 9.47 Å². The fourth-order valence-electron chi connectivity index (χ4n) is 2.60. The summed E-state index contributed by atoms with van der Waals surface area (Å²) < 4.78 is 10.5. The largest absolute Gasteiger partial charge is 0.497 e. The molecule has 124 valence electrons. The maximum atomic E-state index is 12.4. The first kappa shape index (κ1) is 16.9. The van der Waals surface area contributed by atoms with E-state index in [1.165, 1.54) is 6.08 Å². The molecule has 2 rings (SSSR count). The molecule has 6 nitrogen and oxygen atoms in total. The molecule has 0 bridgehead atoms. The van der Waals surface area contributed by atoms with E-state index in [2.05, 4.69) is 5.32 Å². The molecule has 0 aliphatic carbocycles. The van der Waals surface area contributed by atoms with Gasteiger partial charge in [0.05, 0.1) is 14.2 Å². The van der Waals surface area contributed by atoms with E-state index in [0.717, 1.165) is 5.56 Å². The zero-order valence-electron chi connectivity index (χ0n) is 13.7. The summed E-state index contributed by atoms with van der Waals surface area (Å²) in [5.41, 5.74) is 0.774. The first-order valence-electron chi connectivity index (χ1n) is 7.59. The Kier molecular flexibility index (Phi) is 5.62. The van der Waals surface area contributed by atoms with E-state index in [9.17, 15) is 9.59 Å². The van der Waals surface area contributed by atoms with Gasteiger partial charge in [-0.25, -0.2) is 0 Å². The summed E-state index contributed by atoms with van der Waals surface area (Å²) in [6.07, 6.45) is 3.77. The molecule has 0 radical (unpaired) electrons. The molecule has 1 aromatic carbocycles. The third kappa shape index (κ3) is 3.83. The van der Waals surface area contributed by atoms with Crippen LogP contribution in [0.4, 0.5) is 0 Å².